The molecule has 0 heterocycles. The molecular formula is C24H34ClNO3. The molecule has 1 N–H and O–H groups in total. The van der Waals surface area contributed by atoms with Gasteiger partial charge >= 0.3 is 5.97 Å². The number of benzene rings is 2. The number of carbonyl (C=O) groups excluding carboxylic acids is 1. The summed E-state index contributed by atoms with van der Waals surface area (Å²) in [4.78, 5) is 15.4. The molecule has 1 unspecified atom stereocenters. The van der Waals surface area contributed by atoms with Gasteiger partial charge < -0.3 is 14.7 Å². The molecule has 2 aromatic carbocycles. The lowest BCUT2D eigenvalue weighted by Crippen LogP contribution is -2.41. The van der Waals surface area contributed by atoms with Crippen LogP contribution in [0.25, 0.3) is 0 Å². The van der Waals surface area contributed by atoms with E-state index in [-0.39, 0.29) is 19.0 Å². The quantitative estimate of drug-likeness (QED) is 0.641. The van der Waals surface area contributed by atoms with Gasteiger partial charge in [-0.2, -0.15) is 0 Å². The number of hydrogen-bond donors (Lipinski definition) is 1. The lowest BCUT2D eigenvalue weighted by atomic mass is 9.79. The van der Waals surface area contributed by atoms with E-state index in [4.69, 9.17) is 4.74 Å². The first kappa shape index (κ1) is 25.2. The minimum Gasteiger partial charge on any atom is -0.462 e. The van der Waals surface area contributed by atoms with Crippen LogP contribution in [0.4, 0.5) is 0 Å². The molecule has 1 atom stereocenters. The minimum absolute atomic E-state index is 0. The molecular weight excluding hydrogens is 386 g/mol. The first-order valence-electron chi connectivity index (χ1n) is 10.0. The Morgan fingerprint density at radius 3 is 2.00 bits per heavy atom. The maximum Gasteiger partial charge on any atom is 0.347 e. The van der Waals surface area contributed by atoms with Crippen molar-refractivity contribution in [2.45, 2.75) is 47.1 Å². The second-order valence-electron chi connectivity index (χ2n) is 7.37. The standard InChI is InChI=1S/C24H33NO3.ClH/c1-7-25(8-2)14-15-28-23(26)24(27,21-12-10-9-11-13-21)22-19(5)17(3)16-18(4)20(22)6;/h9-13,16,27H,7-8,14-15H2,1-6H3;1H. The van der Waals surface area contributed by atoms with Crippen LogP contribution >= 0.6 is 12.4 Å². The summed E-state index contributed by atoms with van der Waals surface area (Å²) >= 11 is 0. The molecule has 29 heavy (non-hydrogen) atoms. The van der Waals surface area contributed by atoms with E-state index in [1.165, 1.54) is 0 Å². The van der Waals surface area contributed by atoms with Gasteiger partial charge in [-0.15, -0.1) is 12.4 Å². The Labute approximate surface area is 181 Å². The SMILES string of the molecule is CCN(CC)CCOC(=O)C(O)(c1ccccc1)c1c(C)c(C)cc(C)c1C.Cl. The third-order valence-electron chi connectivity index (χ3n) is 5.75. The molecule has 2 rings (SSSR count). The van der Waals surface area contributed by atoms with Crippen LogP contribution < -0.4 is 0 Å². The van der Waals surface area contributed by atoms with Crippen molar-refractivity contribution in [3.05, 3.63) is 69.8 Å². The molecule has 0 spiro atoms. The highest BCUT2D eigenvalue weighted by Crippen LogP contribution is 2.37. The second kappa shape index (κ2) is 10.8. The van der Waals surface area contributed by atoms with Crippen molar-refractivity contribution in [2.75, 3.05) is 26.2 Å². The predicted molar refractivity (Wildman–Crippen MR) is 121 cm³/mol. The van der Waals surface area contributed by atoms with Gasteiger partial charge in [0.2, 0.25) is 5.60 Å². The van der Waals surface area contributed by atoms with Gasteiger partial charge in [-0.25, -0.2) is 4.79 Å². The number of likely N-dealkylation sites (N-methyl/N-ethyl adjacent to an activating group) is 1. The van der Waals surface area contributed by atoms with Crippen LogP contribution in [0.1, 0.15) is 47.2 Å². The number of aryl methyl sites for hydroxylation is 2. The van der Waals surface area contributed by atoms with E-state index in [0.717, 1.165) is 35.3 Å². The molecule has 0 saturated carbocycles. The Bertz CT molecular complexity index is 792. The summed E-state index contributed by atoms with van der Waals surface area (Å²) in [5.74, 6) is -0.623. The molecule has 5 heteroatoms. The molecule has 0 saturated heterocycles. The third-order valence-corrected chi connectivity index (χ3v) is 5.75. The Morgan fingerprint density at radius 1 is 1.00 bits per heavy atom. The Hall–Kier alpha value is -1.88. The second-order valence-corrected chi connectivity index (χ2v) is 7.37. The summed E-state index contributed by atoms with van der Waals surface area (Å²) in [6, 6.07) is 11.2. The lowest BCUT2D eigenvalue weighted by molar-refractivity contribution is -0.162. The van der Waals surface area contributed by atoms with Crippen molar-refractivity contribution in [3.8, 4) is 0 Å². The molecule has 0 amide bonds. The number of carbonyl (C=O) groups is 1. The molecule has 0 aromatic heterocycles. The van der Waals surface area contributed by atoms with Gasteiger partial charge in [-0.05, 0) is 68.6 Å². The summed E-state index contributed by atoms with van der Waals surface area (Å²) in [6.07, 6.45) is 0. The monoisotopic (exact) mass is 419 g/mol. The maximum absolute atomic E-state index is 13.3. The smallest absolute Gasteiger partial charge is 0.347 e. The van der Waals surface area contributed by atoms with Crippen LogP contribution in [0.5, 0.6) is 0 Å². The van der Waals surface area contributed by atoms with Crippen LogP contribution in [0, 0.1) is 27.7 Å². The van der Waals surface area contributed by atoms with E-state index in [1.807, 2.05) is 45.9 Å². The molecule has 160 valence electrons. The summed E-state index contributed by atoms with van der Waals surface area (Å²) in [6.45, 7) is 14.8. The fourth-order valence-corrected chi connectivity index (χ4v) is 3.71. The summed E-state index contributed by atoms with van der Waals surface area (Å²) in [7, 11) is 0. The van der Waals surface area contributed by atoms with Gasteiger partial charge in [0.1, 0.15) is 6.61 Å². The van der Waals surface area contributed by atoms with E-state index in [2.05, 4.69) is 24.8 Å². The van der Waals surface area contributed by atoms with Gasteiger partial charge in [-0.1, -0.05) is 50.2 Å². The molecule has 0 aliphatic rings. The first-order chi connectivity index (χ1) is 13.3. The van der Waals surface area contributed by atoms with Crippen LogP contribution in [0.3, 0.4) is 0 Å². The van der Waals surface area contributed by atoms with Crippen LogP contribution in [-0.4, -0.2) is 42.2 Å². The first-order valence-corrected chi connectivity index (χ1v) is 10.0. The van der Waals surface area contributed by atoms with Crippen molar-refractivity contribution >= 4 is 18.4 Å². The molecule has 0 radical (unpaired) electrons. The third kappa shape index (κ3) is 5.19. The predicted octanol–water partition coefficient (Wildman–Crippen LogP) is 4.46. The fourth-order valence-electron chi connectivity index (χ4n) is 3.71. The summed E-state index contributed by atoms with van der Waals surface area (Å²) < 4.78 is 5.61. The number of halogens is 1. The zero-order valence-electron chi connectivity index (χ0n) is 18.4. The van der Waals surface area contributed by atoms with Gasteiger partial charge in [0.05, 0.1) is 0 Å². The molecule has 0 fully saturated rings. The number of nitrogens with zero attached hydrogens (tertiary/aromatic N) is 1. The molecule has 0 aliphatic carbocycles. The van der Waals surface area contributed by atoms with Crippen LogP contribution in [0.15, 0.2) is 36.4 Å². The number of esters is 1. The molecule has 0 bridgehead atoms. The highest BCUT2D eigenvalue weighted by molar-refractivity contribution is 5.87. The Kier molecular flexibility index (Phi) is 9.34. The van der Waals surface area contributed by atoms with Crippen molar-refractivity contribution in [1.29, 1.82) is 0 Å². The Morgan fingerprint density at radius 2 is 1.52 bits per heavy atom. The van der Waals surface area contributed by atoms with E-state index < -0.39 is 11.6 Å². The number of ether oxygens (including phenoxy) is 1. The van der Waals surface area contributed by atoms with Crippen molar-refractivity contribution in [3.63, 3.8) is 0 Å². The number of aliphatic hydroxyl groups is 1. The van der Waals surface area contributed by atoms with E-state index in [9.17, 15) is 9.90 Å². The van der Waals surface area contributed by atoms with Crippen molar-refractivity contribution in [1.82, 2.24) is 4.90 Å². The van der Waals surface area contributed by atoms with Crippen LogP contribution in [0.2, 0.25) is 0 Å². The van der Waals surface area contributed by atoms with Crippen molar-refractivity contribution < 1.29 is 14.6 Å². The van der Waals surface area contributed by atoms with Gasteiger partial charge in [-0.3, -0.25) is 0 Å². The number of hydrogen-bond acceptors (Lipinski definition) is 4. The topological polar surface area (TPSA) is 49.8 Å². The maximum atomic E-state index is 13.3. The summed E-state index contributed by atoms with van der Waals surface area (Å²) in [5.41, 5.74) is 3.23. The van der Waals surface area contributed by atoms with Crippen LogP contribution in [-0.2, 0) is 15.1 Å². The molecule has 2 aromatic rings. The van der Waals surface area contributed by atoms with Gasteiger partial charge in [0.25, 0.3) is 0 Å². The minimum atomic E-state index is -1.84. The molecule has 0 aliphatic heterocycles. The Balaban J connectivity index is 0.00000420. The average molecular weight is 420 g/mol. The summed E-state index contributed by atoms with van der Waals surface area (Å²) in [5, 5.41) is 11.8. The molecule has 4 nitrogen and oxygen atoms in total. The van der Waals surface area contributed by atoms with Crippen molar-refractivity contribution in [2.24, 2.45) is 0 Å². The lowest BCUT2D eigenvalue weighted by Gasteiger charge is -2.31. The highest BCUT2D eigenvalue weighted by atomic mass is 35.5. The van der Waals surface area contributed by atoms with Gasteiger partial charge in [0, 0.05) is 12.1 Å². The van der Waals surface area contributed by atoms with Gasteiger partial charge in [0.15, 0.2) is 0 Å². The zero-order chi connectivity index (χ0) is 20.9. The fraction of sp³-hybridized carbons (Fsp3) is 0.458. The van der Waals surface area contributed by atoms with E-state index in [0.29, 0.717) is 17.7 Å². The number of rotatable bonds is 8. The van der Waals surface area contributed by atoms with E-state index in [1.54, 1.807) is 12.1 Å². The normalized spacial score (nSPS) is 13.0. The van der Waals surface area contributed by atoms with E-state index >= 15 is 0 Å². The average Bonchev–Trinajstić information content (AvgIpc) is 2.70. The zero-order valence-corrected chi connectivity index (χ0v) is 19.2. The highest BCUT2D eigenvalue weighted by Gasteiger charge is 2.44. The largest absolute Gasteiger partial charge is 0.462 e.